The lowest BCUT2D eigenvalue weighted by Crippen LogP contribution is -1.92. The number of ether oxygens (including phenoxy) is 1. The summed E-state index contributed by atoms with van der Waals surface area (Å²) in [6, 6.07) is 3.79. The van der Waals surface area contributed by atoms with Crippen LogP contribution in [-0.4, -0.2) is 12.1 Å². The number of nitriles is 1. The number of halogens is 2. The maximum atomic E-state index is 8.83. The molecule has 0 saturated heterocycles. The summed E-state index contributed by atoms with van der Waals surface area (Å²) in [4.78, 5) is 4.03. The van der Waals surface area contributed by atoms with Gasteiger partial charge < -0.3 is 4.74 Å². The highest BCUT2D eigenvalue weighted by Crippen LogP contribution is 2.32. The van der Waals surface area contributed by atoms with Crippen LogP contribution in [0, 0.1) is 11.3 Å². The van der Waals surface area contributed by atoms with E-state index in [0.29, 0.717) is 26.7 Å². The van der Waals surface area contributed by atoms with Crippen molar-refractivity contribution in [3.05, 3.63) is 51.6 Å². The van der Waals surface area contributed by atoms with Gasteiger partial charge in [0.1, 0.15) is 5.15 Å². The van der Waals surface area contributed by atoms with Crippen molar-refractivity contribution in [1.82, 2.24) is 4.98 Å². The predicted molar refractivity (Wildman–Crippen MR) is 81.0 cm³/mol. The zero-order valence-electron chi connectivity index (χ0n) is 10.6. The van der Waals surface area contributed by atoms with E-state index >= 15 is 0 Å². The summed E-state index contributed by atoms with van der Waals surface area (Å²) in [5.74, 6) is 0.407. The minimum Gasteiger partial charge on any atom is -0.481 e. The first kappa shape index (κ1) is 15.5. The molecule has 0 unspecified atom stereocenters. The molecule has 3 nitrogen and oxygen atoms in total. The summed E-state index contributed by atoms with van der Waals surface area (Å²) in [7, 11) is 1.52. The van der Waals surface area contributed by atoms with Crippen molar-refractivity contribution in [3.8, 4) is 11.9 Å². The van der Waals surface area contributed by atoms with Gasteiger partial charge in [-0.05, 0) is 34.5 Å². The van der Waals surface area contributed by atoms with Gasteiger partial charge in [0.2, 0.25) is 5.88 Å². The average molecular weight is 340 g/mol. The molecule has 0 spiro atoms. The number of rotatable bonds is 4. The second kappa shape index (κ2) is 7.13. The van der Waals surface area contributed by atoms with Crippen molar-refractivity contribution < 1.29 is 4.74 Å². The Labute approximate surface area is 126 Å². The fourth-order valence-electron chi connectivity index (χ4n) is 1.29. The van der Waals surface area contributed by atoms with Crippen LogP contribution in [0.5, 0.6) is 5.88 Å². The van der Waals surface area contributed by atoms with Crippen LogP contribution in [0.4, 0.5) is 0 Å². The predicted octanol–water partition coefficient (Wildman–Crippen LogP) is 4.55. The zero-order valence-corrected chi connectivity index (χ0v) is 12.9. The van der Waals surface area contributed by atoms with Crippen molar-refractivity contribution in [2.45, 2.75) is 6.92 Å². The smallest absolute Gasteiger partial charge is 0.215 e. The minimum absolute atomic E-state index is 0.301. The van der Waals surface area contributed by atoms with Crippen LogP contribution in [0.3, 0.4) is 0 Å². The largest absolute Gasteiger partial charge is 0.481 e. The van der Waals surface area contributed by atoms with Crippen molar-refractivity contribution in [2.24, 2.45) is 0 Å². The van der Waals surface area contributed by atoms with Crippen LogP contribution in [0.25, 0.3) is 5.57 Å². The molecule has 0 atom stereocenters. The van der Waals surface area contributed by atoms with E-state index in [4.69, 9.17) is 21.6 Å². The summed E-state index contributed by atoms with van der Waals surface area (Å²) in [5.41, 5.74) is 2.02. The van der Waals surface area contributed by atoms with E-state index < -0.39 is 0 Å². The number of allylic oxidation sites excluding steroid dienone is 5. The molecule has 0 fully saturated rings. The second-order valence-electron chi connectivity index (χ2n) is 3.53. The highest BCUT2D eigenvalue weighted by molar-refractivity contribution is 9.10. The highest BCUT2D eigenvalue weighted by atomic mass is 79.9. The maximum Gasteiger partial charge on any atom is 0.215 e. The molecule has 5 heteroatoms. The molecule has 1 heterocycles. The molecular formula is C14H12BrClN2O. The Hall–Kier alpha value is -1.57. The number of methoxy groups -OCH3 is 1. The average Bonchev–Trinajstić information content (AvgIpc) is 2.42. The Balaban J connectivity index is 3.14. The summed E-state index contributed by atoms with van der Waals surface area (Å²) < 4.78 is 5.71. The first-order chi connectivity index (χ1) is 9.03. The lowest BCUT2D eigenvalue weighted by Gasteiger charge is -2.08. The molecule has 0 aliphatic rings. The van der Waals surface area contributed by atoms with Crippen LogP contribution in [0.2, 0.25) is 5.15 Å². The third kappa shape index (κ3) is 3.95. The number of aromatic nitrogens is 1. The highest BCUT2D eigenvalue weighted by Gasteiger charge is 2.10. The molecule has 98 valence electrons. The molecule has 0 aliphatic carbocycles. The van der Waals surface area contributed by atoms with E-state index in [1.807, 2.05) is 0 Å². The third-order valence-corrected chi connectivity index (χ3v) is 3.66. The lowest BCUT2D eigenvalue weighted by molar-refractivity contribution is 0.397. The van der Waals surface area contributed by atoms with E-state index in [1.165, 1.54) is 7.11 Å². The number of hydrogen-bond donors (Lipinski definition) is 0. The van der Waals surface area contributed by atoms with Crippen molar-refractivity contribution in [3.63, 3.8) is 0 Å². The zero-order chi connectivity index (χ0) is 14.4. The first-order valence-electron chi connectivity index (χ1n) is 5.37. The summed E-state index contributed by atoms with van der Waals surface area (Å²) in [6.07, 6.45) is 5.16. The molecule has 0 N–H and O–H groups in total. The monoisotopic (exact) mass is 338 g/mol. The fourth-order valence-corrected chi connectivity index (χ4v) is 1.94. The van der Waals surface area contributed by atoms with Gasteiger partial charge in [0.05, 0.1) is 17.7 Å². The van der Waals surface area contributed by atoms with Crippen LogP contribution in [-0.2, 0) is 0 Å². The molecule has 19 heavy (non-hydrogen) atoms. The van der Waals surface area contributed by atoms with E-state index in [0.717, 1.165) is 5.56 Å². The molecule has 0 radical (unpaired) electrons. The van der Waals surface area contributed by atoms with Gasteiger partial charge in [-0.2, -0.15) is 5.26 Å². The van der Waals surface area contributed by atoms with Crippen LogP contribution in [0.15, 0.2) is 40.9 Å². The number of hydrogen-bond acceptors (Lipinski definition) is 3. The molecule has 0 amide bonds. The van der Waals surface area contributed by atoms with Gasteiger partial charge in [-0.3, -0.25) is 0 Å². The van der Waals surface area contributed by atoms with Gasteiger partial charge in [0, 0.05) is 17.2 Å². The van der Waals surface area contributed by atoms with E-state index in [-0.39, 0.29) is 0 Å². The van der Waals surface area contributed by atoms with Crippen molar-refractivity contribution in [2.75, 3.05) is 7.11 Å². The Morgan fingerprint density at radius 3 is 2.79 bits per heavy atom. The lowest BCUT2D eigenvalue weighted by atomic mass is 10.1. The molecule has 0 saturated carbocycles. The SMILES string of the molecule is C=C(/C=C\C(C#N)=C/C)c1cc(OC)nc(Cl)c1Br. The molecular weight excluding hydrogens is 328 g/mol. The van der Waals surface area contributed by atoms with Crippen LogP contribution < -0.4 is 4.74 Å². The molecule has 0 aromatic carbocycles. The minimum atomic E-state index is 0.301. The van der Waals surface area contributed by atoms with Crippen molar-refractivity contribution in [1.29, 1.82) is 5.26 Å². The molecule has 1 aromatic rings. The van der Waals surface area contributed by atoms with Crippen LogP contribution >= 0.6 is 27.5 Å². The number of nitrogens with zero attached hydrogens (tertiary/aromatic N) is 2. The standard InChI is InChI=1S/C14H12BrClN2O/c1-4-10(8-17)6-5-9(2)11-7-12(19-3)18-14(16)13(11)15/h4-7H,2H2,1,3H3/b6-5-,10-4+. The third-order valence-electron chi connectivity index (χ3n) is 2.35. The first-order valence-corrected chi connectivity index (χ1v) is 6.54. The summed E-state index contributed by atoms with van der Waals surface area (Å²) in [6.45, 7) is 5.75. The van der Waals surface area contributed by atoms with Gasteiger partial charge in [0.15, 0.2) is 0 Å². The Morgan fingerprint density at radius 2 is 2.26 bits per heavy atom. The Bertz CT molecular complexity index is 600. The van der Waals surface area contributed by atoms with Gasteiger partial charge in [-0.15, -0.1) is 0 Å². The van der Waals surface area contributed by atoms with Gasteiger partial charge >= 0.3 is 0 Å². The van der Waals surface area contributed by atoms with Crippen molar-refractivity contribution >= 4 is 33.1 Å². The van der Waals surface area contributed by atoms with Gasteiger partial charge in [-0.25, -0.2) is 4.98 Å². The fraction of sp³-hybridized carbons (Fsp3) is 0.143. The quantitative estimate of drug-likeness (QED) is 0.459. The van der Waals surface area contributed by atoms with Crippen LogP contribution in [0.1, 0.15) is 12.5 Å². The topological polar surface area (TPSA) is 45.9 Å². The molecule has 1 aromatic heterocycles. The molecule has 0 aliphatic heterocycles. The Morgan fingerprint density at radius 1 is 1.58 bits per heavy atom. The van der Waals surface area contributed by atoms with E-state index in [9.17, 15) is 0 Å². The van der Waals surface area contributed by atoms with Gasteiger partial charge in [0.25, 0.3) is 0 Å². The Kier molecular flexibility index (Phi) is 5.81. The normalized spacial score (nSPS) is 11.4. The number of pyridine rings is 1. The van der Waals surface area contributed by atoms with E-state index in [1.54, 1.807) is 31.2 Å². The molecule has 0 bridgehead atoms. The second-order valence-corrected chi connectivity index (χ2v) is 4.68. The maximum absolute atomic E-state index is 8.83. The molecule has 1 rings (SSSR count). The van der Waals surface area contributed by atoms with Gasteiger partial charge in [-0.1, -0.05) is 30.3 Å². The summed E-state index contributed by atoms with van der Waals surface area (Å²) >= 11 is 9.35. The summed E-state index contributed by atoms with van der Waals surface area (Å²) in [5, 5.41) is 9.13. The van der Waals surface area contributed by atoms with E-state index in [2.05, 4.69) is 33.6 Å².